The molecule has 0 saturated carbocycles. The monoisotopic (exact) mass is 525 g/mol. The summed E-state index contributed by atoms with van der Waals surface area (Å²) in [6, 6.07) is 13.0. The van der Waals surface area contributed by atoms with Crippen LogP contribution in [0.25, 0.3) is 0 Å². The van der Waals surface area contributed by atoms with Crippen molar-refractivity contribution in [3.8, 4) is 11.5 Å². The lowest BCUT2D eigenvalue weighted by molar-refractivity contribution is 0.102. The van der Waals surface area contributed by atoms with Gasteiger partial charge in [0, 0.05) is 9.13 Å². The third-order valence-electron chi connectivity index (χ3n) is 5.54. The van der Waals surface area contributed by atoms with E-state index in [1.807, 2.05) is 18.2 Å². The number of rotatable bonds is 8. The second-order valence-electron chi connectivity index (χ2n) is 8.24. The van der Waals surface area contributed by atoms with Gasteiger partial charge in [-0.05, 0) is 81.7 Å². The van der Waals surface area contributed by atoms with Gasteiger partial charge in [-0.15, -0.1) is 0 Å². The molecule has 0 fully saturated rings. The van der Waals surface area contributed by atoms with Gasteiger partial charge in [-0.2, -0.15) is 0 Å². The van der Waals surface area contributed by atoms with Gasteiger partial charge in [-0.25, -0.2) is 0 Å². The summed E-state index contributed by atoms with van der Waals surface area (Å²) < 4.78 is 12.9. The predicted molar refractivity (Wildman–Crippen MR) is 132 cm³/mol. The van der Waals surface area contributed by atoms with Crippen molar-refractivity contribution in [2.75, 3.05) is 12.4 Å². The number of benzene rings is 2. The Morgan fingerprint density at radius 2 is 1.41 bits per heavy atom. The maximum absolute atomic E-state index is 12.6. The summed E-state index contributed by atoms with van der Waals surface area (Å²) in [6.07, 6.45) is 0. The number of anilines is 1. The number of methoxy groups -OCH3 is 1. The van der Waals surface area contributed by atoms with Gasteiger partial charge in [0.05, 0.1) is 12.8 Å². The molecule has 2 aromatic rings. The molecule has 158 valence electrons. The maximum Gasteiger partial charge on any atom is 0.258 e. The SMILES string of the molecule is COc1ccc(C(=O)Nc2ccc(O[Si](C(C)C)(C(C)C)C(C)C)cc2I)cc1. The van der Waals surface area contributed by atoms with Gasteiger partial charge in [-0.3, -0.25) is 4.79 Å². The first-order chi connectivity index (χ1) is 13.6. The molecule has 0 atom stereocenters. The van der Waals surface area contributed by atoms with Crippen LogP contribution in [0.15, 0.2) is 42.5 Å². The molecule has 2 rings (SSSR count). The summed E-state index contributed by atoms with van der Waals surface area (Å²) in [5.74, 6) is 1.47. The molecule has 0 heterocycles. The highest BCUT2D eigenvalue weighted by molar-refractivity contribution is 14.1. The minimum atomic E-state index is -2.01. The molecular weight excluding hydrogens is 493 g/mol. The normalized spacial score (nSPS) is 11.8. The maximum atomic E-state index is 12.6. The smallest absolute Gasteiger partial charge is 0.258 e. The molecule has 0 spiro atoms. The number of nitrogens with one attached hydrogen (secondary N) is 1. The summed E-state index contributed by atoms with van der Waals surface area (Å²) in [7, 11) is -0.397. The molecule has 29 heavy (non-hydrogen) atoms. The van der Waals surface area contributed by atoms with Crippen molar-refractivity contribution in [2.45, 2.75) is 58.2 Å². The van der Waals surface area contributed by atoms with Crippen molar-refractivity contribution >= 4 is 42.5 Å². The van der Waals surface area contributed by atoms with Crippen molar-refractivity contribution in [1.82, 2.24) is 0 Å². The molecule has 0 aliphatic heterocycles. The summed E-state index contributed by atoms with van der Waals surface area (Å²) in [6.45, 7) is 13.7. The fourth-order valence-electron chi connectivity index (χ4n) is 4.16. The Morgan fingerprint density at radius 1 is 0.897 bits per heavy atom. The minimum absolute atomic E-state index is 0.144. The van der Waals surface area contributed by atoms with Crippen molar-refractivity contribution in [3.63, 3.8) is 0 Å². The average molecular weight is 526 g/mol. The van der Waals surface area contributed by atoms with Gasteiger partial charge < -0.3 is 14.5 Å². The molecule has 0 aliphatic carbocycles. The molecule has 0 aliphatic rings. The molecule has 2 aromatic carbocycles. The number of hydrogen-bond acceptors (Lipinski definition) is 3. The van der Waals surface area contributed by atoms with Crippen LogP contribution in [-0.2, 0) is 0 Å². The quantitative estimate of drug-likeness (QED) is 0.295. The van der Waals surface area contributed by atoms with E-state index in [1.54, 1.807) is 31.4 Å². The van der Waals surface area contributed by atoms with Gasteiger partial charge in [0.15, 0.2) is 0 Å². The van der Waals surface area contributed by atoms with E-state index in [0.717, 1.165) is 20.8 Å². The first-order valence-corrected chi connectivity index (χ1v) is 13.3. The van der Waals surface area contributed by atoms with E-state index in [9.17, 15) is 4.79 Å². The van der Waals surface area contributed by atoms with Crippen molar-refractivity contribution in [3.05, 3.63) is 51.6 Å². The van der Waals surface area contributed by atoms with Gasteiger partial charge >= 0.3 is 0 Å². The zero-order chi connectivity index (χ0) is 21.8. The average Bonchev–Trinajstić information content (AvgIpc) is 2.67. The fourth-order valence-corrected chi connectivity index (χ4v) is 10.0. The third kappa shape index (κ3) is 5.34. The van der Waals surface area contributed by atoms with E-state index >= 15 is 0 Å². The molecule has 0 aromatic heterocycles. The van der Waals surface area contributed by atoms with Gasteiger partial charge in [0.2, 0.25) is 0 Å². The van der Waals surface area contributed by atoms with Crippen molar-refractivity contribution in [2.24, 2.45) is 0 Å². The van der Waals surface area contributed by atoms with E-state index in [0.29, 0.717) is 22.2 Å². The molecule has 0 saturated heterocycles. The van der Waals surface area contributed by atoms with Crippen LogP contribution in [0.4, 0.5) is 5.69 Å². The summed E-state index contributed by atoms with van der Waals surface area (Å²) in [5, 5.41) is 2.99. The Labute approximate surface area is 189 Å². The summed E-state index contributed by atoms with van der Waals surface area (Å²) in [4.78, 5) is 12.6. The Kier molecular flexibility index (Phi) is 8.16. The second kappa shape index (κ2) is 9.98. The Morgan fingerprint density at radius 3 is 1.86 bits per heavy atom. The summed E-state index contributed by atoms with van der Waals surface area (Å²) >= 11 is 2.25. The molecule has 6 heteroatoms. The van der Waals surface area contributed by atoms with Gasteiger partial charge in [0.25, 0.3) is 14.2 Å². The Balaban J connectivity index is 2.22. The van der Waals surface area contributed by atoms with Gasteiger partial charge in [0.1, 0.15) is 11.5 Å². The third-order valence-corrected chi connectivity index (χ3v) is 12.4. The number of carbonyl (C=O) groups is 1. The van der Waals surface area contributed by atoms with Crippen LogP contribution < -0.4 is 14.5 Å². The van der Waals surface area contributed by atoms with E-state index < -0.39 is 8.32 Å². The van der Waals surface area contributed by atoms with Crippen LogP contribution in [0.5, 0.6) is 11.5 Å². The topological polar surface area (TPSA) is 47.6 Å². The largest absolute Gasteiger partial charge is 0.543 e. The zero-order valence-corrected chi connectivity index (χ0v) is 21.5. The van der Waals surface area contributed by atoms with E-state index in [4.69, 9.17) is 9.16 Å². The minimum Gasteiger partial charge on any atom is -0.543 e. The van der Waals surface area contributed by atoms with E-state index in [2.05, 4.69) is 69.5 Å². The van der Waals surface area contributed by atoms with Crippen LogP contribution in [0.3, 0.4) is 0 Å². The second-order valence-corrected chi connectivity index (χ2v) is 14.8. The van der Waals surface area contributed by atoms with Crippen molar-refractivity contribution < 1.29 is 14.0 Å². The lowest BCUT2D eigenvalue weighted by Gasteiger charge is -2.42. The standard InChI is InChI=1S/C23H32INO3Si/c1-15(2)29(16(3)4,17(5)6)28-20-12-13-22(21(24)14-20)25-23(26)18-8-10-19(27-7)11-9-18/h8-17H,1-7H3,(H,25,26). The Hall–Kier alpha value is -1.54. The van der Waals surface area contributed by atoms with Crippen LogP contribution >= 0.6 is 22.6 Å². The lowest BCUT2D eigenvalue weighted by Crippen LogP contribution is -2.50. The number of hydrogen-bond donors (Lipinski definition) is 1. The molecule has 0 unspecified atom stereocenters. The highest BCUT2D eigenvalue weighted by Gasteiger charge is 2.47. The van der Waals surface area contributed by atoms with Crippen LogP contribution in [-0.4, -0.2) is 21.3 Å². The van der Waals surface area contributed by atoms with Crippen LogP contribution in [0.1, 0.15) is 51.9 Å². The summed E-state index contributed by atoms with van der Waals surface area (Å²) in [5.41, 5.74) is 2.90. The Bertz CT molecular complexity index is 813. The zero-order valence-electron chi connectivity index (χ0n) is 18.4. The van der Waals surface area contributed by atoms with Crippen LogP contribution in [0, 0.1) is 3.57 Å². The van der Waals surface area contributed by atoms with Crippen LogP contribution in [0.2, 0.25) is 16.6 Å². The predicted octanol–water partition coefficient (Wildman–Crippen LogP) is 7.11. The van der Waals surface area contributed by atoms with Gasteiger partial charge in [-0.1, -0.05) is 41.5 Å². The molecule has 1 amide bonds. The van der Waals surface area contributed by atoms with E-state index in [-0.39, 0.29) is 5.91 Å². The van der Waals surface area contributed by atoms with Crippen molar-refractivity contribution in [1.29, 1.82) is 0 Å². The molecular formula is C23H32INO3Si. The fraction of sp³-hybridized carbons (Fsp3) is 0.435. The number of halogens is 1. The molecule has 0 radical (unpaired) electrons. The number of carbonyl (C=O) groups excluding carboxylic acids is 1. The highest BCUT2D eigenvalue weighted by Crippen LogP contribution is 2.43. The molecule has 1 N–H and O–H groups in total. The molecule has 0 bridgehead atoms. The molecule has 4 nitrogen and oxygen atoms in total. The first kappa shape index (κ1) is 23.7. The lowest BCUT2D eigenvalue weighted by atomic mass is 10.2. The van der Waals surface area contributed by atoms with E-state index in [1.165, 1.54) is 0 Å². The first-order valence-electron chi connectivity index (χ1n) is 10.1. The number of ether oxygens (including phenoxy) is 1. The highest BCUT2D eigenvalue weighted by atomic mass is 127. The number of amides is 1.